The van der Waals surface area contributed by atoms with Crippen LogP contribution in [0.1, 0.15) is 26.7 Å². The van der Waals surface area contributed by atoms with Gasteiger partial charge in [0, 0.05) is 0 Å². The first-order valence-electron chi connectivity index (χ1n) is 4.72. The molecule has 0 aliphatic carbocycles. The Morgan fingerprint density at radius 2 is 1.82 bits per heavy atom. The molecule has 0 aromatic heterocycles. The van der Waals surface area contributed by atoms with Crippen molar-refractivity contribution in [2.75, 3.05) is 6.61 Å². The minimum atomic E-state index is 0.820. The molecule has 0 saturated carbocycles. The minimum absolute atomic E-state index is 0.820. The van der Waals surface area contributed by atoms with Crippen molar-refractivity contribution in [3.63, 3.8) is 0 Å². The van der Waals surface area contributed by atoms with Crippen LogP contribution in [0.4, 0.5) is 0 Å². The normalized spacial score (nSPS) is 10.0. The smallest absolute Gasteiger partial charge is 0.199 e. The summed E-state index contributed by atoms with van der Waals surface area (Å²) in [6.07, 6.45) is 6.46. The lowest BCUT2D eigenvalue weighted by Crippen LogP contribution is -2.08. The van der Waals surface area contributed by atoms with Crippen molar-refractivity contribution in [1.82, 2.24) is 0 Å². The SMILES string of the molecule is [CH2+]OCCCCB(CC)CC. The Labute approximate surface area is 71.6 Å². The highest BCUT2D eigenvalue weighted by Gasteiger charge is 2.06. The van der Waals surface area contributed by atoms with Gasteiger partial charge in [0.2, 0.25) is 7.11 Å². The van der Waals surface area contributed by atoms with Crippen LogP contribution in [0.3, 0.4) is 0 Å². The molecule has 0 saturated heterocycles. The van der Waals surface area contributed by atoms with E-state index in [4.69, 9.17) is 4.74 Å². The van der Waals surface area contributed by atoms with Crippen LogP contribution in [-0.4, -0.2) is 13.3 Å². The van der Waals surface area contributed by atoms with Crippen LogP contribution in [-0.2, 0) is 4.74 Å². The highest BCUT2D eigenvalue weighted by molar-refractivity contribution is 6.58. The standard InChI is InChI=1S/C9H20BO/c1-4-10(5-2)8-6-7-9-11-3/h3-9H2,1-2H3/q+1. The van der Waals surface area contributed by atoms with Gasteiger partial charge in [0.15, 0.2) is 0 Å². The van der Waals surface area contributed by atoms with Gasteiger partial charge in [-0.25, -0.2) is 0 Å². The molecule has 0 unspecified atom stereocenters. The first-order chi connectivity index (χ1) is 5.35. The van der Waals surface area contributed by atoms with Gasteiger partial charge in [-0.1, -0.05) is 39.2 Å². The molecule has 0 rings (SSSR count). The second kappa shape index (κ2) is 8.00. The van der Waals surface area contributed by atoms with Crippen LogP contribution in [0, 0.1) is 7.11 Å². The Morgan fingerprint density at radius 3 is 2.27 bits per heavy atom. The molecule has 2 heteroatoms. The summed E-state index contributed by atoms with van der Waals surface area (Å²) in [5, 5.41) is 0. The molecule has 11 heavy (non-hydrogen) atoms. The molecular formula is C9H20BO+. The van der Waals surface area contributed by atoms with E-state index in [1.54, 1.807) is 0 Å². The number of hydrogen-bond donors (Lipinski definition) is 0. The van der Waals surface area contributed by atoms with E-state index < -0.39 is 0 Å². The van der Waals surface area contributed by atoms with Gasteiger partial charge in [0.1, 0.15) is 6.71 Å². The molecule has 64 valence electrons. The molecule has 0 aromatic carbocycles. The molecular weight excluding hydrogens is 135 g/mol. The van der Waals surface area contributed by atoms with E-state index in [1.165, 1.54) is 31.8 Å². The average Bonchev–Trinajstić information content (AvgIpc) is 2.05. The fraction of sp³-hybridized carbons (Fsp3) is 0.889. The van der Waals surface area contributed by atoms with E-state index in [9.17, 15) is 0 Å². The molecule has 0 amide bonds. The van der Waals surface area contributed by atoms with Crippen molar-refractivity contribution in [3.05, 3.63) is 7.11 Å². The van der Waals surface area contributed by atoms with Crippen molar-refractivity contribution in [2.45, 2.75) is 45.6 Å². The van der Waals surface area contributed by atoms with Gasteiger partial charge in [-0.3, -0.25) is 0 Å². The fourth-order valence-electron chi connectivity index (χ4n) is 1.33. The topological polar surface area (TPSA) is 9.23 Å². The second-order valence-electron chi connectivity index (χ2n) is 3.09. The van der Waals surface area contributed by atoms with Crippen molar-refractivity contribution in [2.24, 2.45) is 0 Å². The Kier molecular flexibility index (Phi) is 7.92. The van der Waals surface area contributed by atoms with E-state index >= 15 is 0 Å². The van der Waals surface area contributed by atoms with E-state index in [0.29, 0.717) is 0 Å². The van der Waals surface area contributed by atoms with E-state index in [0.717, 1.165) is 13.3 Å². The summed E-state index contributed by atoms with van der Waals surface area (Å²) in [6, 6.07) is 0. The monoisotopic (exact) mass is 155 g/mol. The summed E-state index contributed by atoms with van der Waals surface area (Å²) in [4.78, 5) is 0. The molecule has 0 aliphatic rings. The van der Waals surface area contributed by atoms with Gasteiger partial charge >= 0.3 is 0 Å². The summed E-state index contributed by atoms with van der Waals surface area (Å²) in [7, 11) is 3.34. The molecule has 0 aromatic rings. The van der Waals surface area contributed by atoms with E-state index in [2.05, 4.69) is 21.0 Å². The van der Waals surface area contributed by atoms with Crippen LogP contribution >= 0.6 is 0 Å². The fourth-order valence-corrected chi connectivity index (χ4v) is 1.33. The maximum atomic E-state index is 4.74. The Morgan fingerprint density at radius 1 is 1.18 bits per heavy atom. The van der Waals surface area contributed by atoms with Crippen molar-refractivity contribution >= 4 is 6.71 Å². The first kappa shape index (κ1) is 10.9. The van der Waals surface area contributed by atoms with Gasteiger partial charge in [-0.2, -0.15) is 4.74 Å². The van der Waals surface area contributed by atoms with Gasteiger partial charge in [0.25, 0.3) is 0 Å². The molecule has 0 aliphatic heterocycles. The summed E-state index contributed by atoms with van der Waals surface area (Å²) < 4.78 is 4.74. The number of ether oxygens (including phenoxy) is 1. The molecule has 0 atom stereocenters. The van der Waals surface area contributed by atoms with Gasteiger partial charge < -0.3 is 0 Å². The first-order valence-corrected chi connectivity index (χ1v) is 4.72. The Hall–Kier alpha value is -0.105. The van der Waals surface area contributed by atoms with E-state index in [1.807, 2.05) is 0 Å². The molecule has 0 spiro atoms. The minimum Gasteiger partial charge on any atom is -0.199 e. The number of hydrogen-bond acceptors (Lipinski definition) is 1. The summed E-state index contributed by atoms with van der Waals surface area (Å²) in [5.41, 5.74) is 0. The van der Waals surface area contributed by atoms with Crippen LogP contribution in [0.15, 0.2) is 0 Å². The van der Waals surface area contributed by atoms with Gasteiger partial charge in [-0.05, 0) is 6.42 Å². The second-order valence-corrected chi connectivity index (χ2v) is 3.09. The molecule has 0 N–H and O–H groups in total. The zero-order valence-corrected chi connectivity index (χ0v) is 7.94. The van der Waals surface area contributed by atoms with Crippen molar-refractivity contribution in [3.8, 4) is 0 Å². The zero-order valence-electron chi connectivity index (χ0n) is 7.94. The lowest BCUT2D eigenvalue weighted by atomic mass is 9.43. The maximum Gasteiger partial charge on any atom is 0.213 e. The largest absolute Gasteiger partial charge is 0.213 e. The van der Waals surface area contributed by atoms with Gasteiger partial charge in [-0.15, -0.1) is 0 Å². The molecule has 0 radical (unpaired) electrons. The summed E-state index contributed by atoms with van der Waals surface area (Å²) >= 11 is 0. The van der Waals surface area contributed by atoms with Crippen LogP contribution < -0.4 is 0 Å². The van der Waals surface area contributed by atoms with Crippen LogP contribution in [0.5, 0.6) is 0 Å². The third kappa shape index (κ3) is 6.30. The predicted octanol–water partition coefficient (Wildman–Crippen LogP) is 3.11. The third-order valence-corrected chi connectivity index (χ3v) is 2.31. The third-order valence-electron chi connectivity index (χ3n) is 2.31. The number of rotatable bonds is 7. The van der Waals surface area contributed by atoms with Crippen LogP contribution in [0.2, 0.25) is 19.0 Å². The highest BCUT2D eigenvalue weighted by atomic mass is 16.5. The quantitative estimate of drug-likeness (QED) is 0.312. The lowest BCUT2D eigenvalue weighted by molar-refractivity contribution is 0.236. The Balaban J connectivity index is 3.07. The zero-order chi connectivity index (χ0) is 8.53. The maximum absolute atomic E-state index is 4.74. The molecule has 1 nitrogen and oxygen atoms in total. The van der Waals surface area contributed by atoms with Crippen molar-refractivity contribution in [1.29, 1.82) is 0 Å². The predicted molar refractivity (Wildman–Crippen MR) is 52.1 cm³/mol. The summed E-state index contributed by atoms with van der Waals surface area (Å²) in [6.45, 7) is 6.29. The lowest BCUT2D eigenvalue weighted by Gasteiger charge is -2.06. The molecule has 0 fully saturated rings. The molecule has 0 heterocycles. The average molecular weight is 155 g/mol. The number of unbranched alkanes of at least 4 members (excludes halogenated alkanes) is 1. The van der Waals surface area contributed by atoms with E-state index in [-0.39, 0.29) is 0 Å². The Bertz CT molecular complexity index is 72.0. The summed E-state index contributed by atoms with van der Waals surface area (Å²) in [5.74, 6) is 0. The highest BCUT2D eigenvalue weighted by Crippen LogP contribution is 2.09. The van der Waals surface area contributed by atoms with Gasteiger partial charge in [0.05, 0.1) is 6.61 Å². The van der Waals surface area contributed by atoms with Crippen molar-refractivity contribution < 1.29 is 4.74 Å². The van der Waals surface area contributed by atoms with Crippen LogP contribution in [0.25, 0.3) is 0 Å². The molecule has 0 bridgehead atoms.